The number of aromatic nitrogens is 1. The van der Waals surface area contributed by atoms with Crippen LogP contribution in [0.3, 0.4) is 0 Å². The van der Waals surface area contributed by atoms with Gasteiger partial charge in [-0.1, -0.05) is 11.6 Å². The van der Waals surface area contributed by atoms with Crippen molar-refractivity contribution in [2.75, 3.05) is 13.2 Å². The first-order valence-electron chi connectivity index (χ1n) is 5.89. The number of amides is 1. The number of ether oxygens (including phenoxy) is 1. The Morgan fingerprint density at radius 3 is 2.70 bits per heavy atom. The quantitative estimate of drug-likeness (QED) is 0.800. The van der Waals surface area contributed by atoms with Crippen LogP contribution in [-0.4, -0.2) is 40.7 Å². The molecule has 1 amide bonds. The molecule has 1 fully saturated rings. The highest BCUT2D eigenvalue weighted by Gasteiger charge is 2.42. The van der Waals surface area contributed by atoms with E-state index in [-0.39, 0.29) is 36.8 Å². The molecule has 20 heavy (non-hydrogen) atoms. The van der Waals surface area contributed by atoms with Crippen LogP contribution in [0.5, 0.6) is 0 Å². The van der Waals surface area contributed by atoms with E-state index >= 15 is 0 Å². The van der Waals surface area contributed by atoms with Crippen molar-refractivity contribution in [2.24, 2.45) is 0 Å². The minimum atomic E-state index is -1.32. The average Bonchev–Trinajstić information content (AvgIpc) is 2.42. The maximum absolute atomic E-state index is 12.2. The smallest absolute Gasteiger partial charge is 0.329 e. The third kappa shape index (κ3) is 3.11. The lowest BCUT2D eigenvalue weighted by molar-refractivity contribution is -0.148. The van der Waals surface area contributed by atoms with Crippen LogP contribution < -0.4 is 5.32 Å². The van der Waals surface area contributed by atoms with E-state index in [1.807, 2.05) is 0 Å². The van der Waals surface area contributed by atoms with Crippen molar-refractivity contribution in [1.82, 2.24) is 10.3 Å². The lowest BCUT2D eigenvalue weighted by Gasteiger charge is -2.33. The van der Waals surface area contributed by atoms with Gasteiger partial charge in [-0.25, -0.2) is 9.78 Å². The third-order valence-electron chi connectivity index (χ3n) is 3.16. The summed E-state index contributed by atoms with van der Waals surface area (Å²) >= 11 is 9.06. The molecule has 0 atom stereocenters. The molecule has 0 saturated carbocycles. The van der Waals surface area contributed by atoms with E-state index in [1.165, 1.54) is 12.3 Å². The SMILES string of the molecule is O=C(NC1(C(=O)O)CCOCC1)c1cc(Br)cnc1Cl. The maximum Gasteiger partial charge on any atom is 0.329 e. The summed E-state index contributed by atoms with van der Waals surface area (Å²) in [5.41, 5.74) is -1.19. The van der Waals surface area contributed by atoms with Crippen molar-refractivity contribution >= 4 is 39.4 Å². The minimum absolute atomic E-state index is 0.0262. The monoisotopic (exact) mass is 362 g/mol. The minimum Gasteiger partial charge on any atom is -0.480 e. The van der Waals surface area contributed by atoms with Gasteiger partial charge in [-0.05, 0) is 22.0 Å². The van der Waals surface area contributed by atoms with Gasteiger partial charge in [0.2, 0.25) is 0 Å². The van der Waals surface area contributed by atoms with Crippen molar-refractivity contribution < 1.29 is 19.4 Å². The Labute approximate surface area is 128 Å². The van der Waals surface area contributed by atoms with Crippen molar-refractivity contribution in [2.45, 2.75) is 18.4 Å². The van der Waals surface area contributed by atoms with Crippen LogP contribution in [0.4, 0.5) is 0 Å². The zero-order valence-electron chi connectivity index (χ0n) is 10.4. The number of aliphatic carboxylic acids is 1. The molecule has 1 aliphatic rings. The number of carbonyl (C=O) groups is 2. The molecule has 2 rings (SSSR count). The second kappa shape index (κ2) is 6.07. The second-order valence-electron chi connectivity index (χ2n) is 4.45. The number of carbonyl (C=O) groups excluding carboxylic acids is 1. The van der Waals surface area contributed by atoms with Gasteiger partial charge >= 0.3 is 5.97 Å². The van der Waals surface area contributed by atoms with E-state index in [1.54, 1.807) is 0 Å². The molecule has 1 aliphatic heterocycles. The van der Waals surface area contributed by atoms with Crippen LogP contribution in [0.25, 0.3) is 0 Å². The third-order valence-corrected chi connectivity index (χ3v) is 3.89. The largest absolute Gasteiger partial charge is 0.480 e. The summed E-state index contributed by atoms with van der Waals surface area (Å²) in [5.74, 6) is -1.64. The summed E-state index contributed by atoms with van der Waals surface area (Å²) in [7, 11) is 0. The molecule has 2 N–H and O–H groups in total. The van der Waals surface area contributed by atoms with Crippen molar-refractivity contribution in [3.05, 3.63) is 27.5 Å². The van der Waals surface area contributed by atoms with Crippen LogP contribution in [0.1, 0.15) is 23.2 Å². The van der Waals surface area contributed by atoms with Crippen LogP contribution >= 0.6 is 27.5 Å². The number of nitrogens with zero attached hydrogens (tertiary/aromatic N) is 1. The highest BCUT2D eigenvalue weighted by molar-refractivity contribution is 9.10. The Hall–Kier alpha value is -1.18. The number of hydrogen-bond donors (Lipinski definition) is 2. The van der Waals surface area contributed by atoms with E-state index in [2.05, 4.69) is 26.2 Å². The fourth-order valence-electron chi connectivity index (χ4n) is 1.98. The zero-order valence-corrected chi connectivity index (χ0v) is 12.7. The standard InChI is InChI=1S/C12H12BrClN2O4/c13-7-5-8(9(14)15-6-7)10(17)16-12(11(18)19)1-3-20-4-2-12/h5-6H,1-4H2,(H,16,17)(H,18,19). The Balaban J connectivity index is 2.24. The molecule has 0 unspecified atom stereocenters. The summed E-state index contributed by atoms with van der Waals surface area (Å²) in [4.78, 5) is 27.5. The molecular formula is C12H12BrClN2O4. The second-order valence-corrected chi connectivity index (χ2v) is 5.72. The molecule has 8 heteroatoms. The zero-order chi connectivity index (χ0) is 14.8. The molecule has 1 aromatic heterocycles. The Morgan fingerprint density at radius 1 is 1.45 bits per heavy atom. The maximum atomic E-state index is 12.2. The van der Waals surface area contributed by atoms with Gasteiger partial charge in [-0.15, -0.1) is 0 Å². The van der Waals surface area contributed by atoms with Gasteiger partial charge < -0.3 is 15.2 Å². The molecule has 6 nitrogen and oxygen atoms in total. The predicted octanol–water partition coefficient (Wildman–Crippen LogP) is 1.86. The van der Waals surface area contributed by atoms with Crippen LogP contribution in [0, 0.1) is 0 Å². The first kappa shape index (κ1) is 15.2. The van der Waals surface area contributed by atoms with Gasteiger partial charge in [0.1, 0.15) is 10.7 Å². The number of hydrogen-bond acceptors (Lipinski definition) is 4. The average molecular weight is 364 g/mol. The summed E-state index contributed by atoms with van der Waals surface area (Å²) in [6.07, 6.45) is 1.89. The molecule has 0 radical (unpaired) electrons. The number of pyridine rings is 1. The van der Waals surface area contributed by atoms with Gasteiger partial charge in [0, 0.05) is 36.7 Å². The Morgan fingerprint density at radius 2 is 2.10 bits per heavy atom. The van der Waals surface area contributed by atoms with E-state index in [9.17, 15) is 14.7 Å². The number of carboxylic acid groups (broad SMARTS) is 1. The van der Waals surface area contributed by atoms with Crippen molar-refractivity contribution in [3.8, 4) is 0 Å². The summed E-state index contributed by atoms with van der Waals surface area (Å²) in [5, 5.41) is 12.0. The molecule has 1 saturated heterocycles. The lowest BCUT2D eigenvalue weighted by atomic mass is 9.90. The fourth-order valence-corrected chi connectivity index (χ4v) is 2.50. The van der Waals surface area contributed by atoms with E-state index in [4.69, 9.17) is 16.3 Å². The first-order chi connectivity index (χ1) is 9.44. The van der Waals surface area contributed by atoms with E-state index < -0.39 is 17.4 Å². The van der Waals surface area contributed by atoms with Gasteiger partial charge in [0.15, 0.2) is 0 Å². The summed E-state index contributed by atoms with van der Waals surface area (Å²) in [6, 6.07) is 1.50. The summed E-state index contributed by atoms with van der Waals surface area (Å²) in [6.45, 7) is 0.577. The van der Waals surface area contributed by atoms with Gasteiger partial charge in [-0.3, -0.25) is 4.79 Å². The number of rotatable bonds is 3. The predicted molar refractivity (Wildman–Crippen MR) is 74.8 cm³/mol. The Kier molecular flexibility index (Phi) is 4.62. The Bertz CT molecular complexity index is 546. The number of carboxylic acids is 1. The highest BCUT2D eigenvalue weighted by atomic mass is 79.9. The molecule has 108 valence electrons. The van der Waals surface area contributed by atoms with Gasteiger partial charge in [-0.2, -0.15) is 0 Å². The molecule has 0 spiro atoms. The van der Waals surface area contributed by atoms with Gasteiger partial charge in [0.05, 0.1) is 5.56 Å². The van der Waals surface area contributed by atoms with E-state index in [0.29, 0.717) is 4.47 Å². The first-order valence-corrected chi connectivity index (χ1v) is 7.06. The number of halogens is 2. The van der Waals surface area contributed by atoms with Gasteiger partial charge in [0.25, 0.3) is 5.91 Å². The van der Waals surface area contributed by atoms with Crippen molar-refractivity contribution in [3.63, 3.8) is 0 Å². The molecular weight excluding hydrogens is 351 g/mol. The van der Waals surface area contributed by atoms with Crippen LogP contribution in [-0.2, 0) is 9.53 Å². The summed E-state index contributed by atoms with van der Waals surface area (Å²) < 4.78 is 5.73. The van der Waals surface area contributed by atoms with Crippen molar-refractivity contribution in [1.29, 1.82) is 0 Å². The molecule has 0 bridgehead atoms. The normalized spacial score (nSPS) is 17.5. The molecule has 1 aromatic rings. The topological polar surface area (TPSA) is 88.5 Å². The molecule has 0 aromatic carbocycles. The number of nitrogens with one attached hydrogen (secondary N) is 1. The van der Waals surface area contributed by atoms with Crippen LogP contribution in [0.15, 0.2) is 16.7 Å². The molecule has 2 heterocycles. The molecule has 0 aliphatic carbocycles. The highest BCUT2D eigenvalue weighted by Crippen LogP contribution is 2.24. The van der Waals surface area contributed by atoms with E-state index in [0.717, 1.165) is 0 Å². The fraction of sp³-hybridized carbons (Fsp3) is 0.417. The van der Waals surface area contributed by atoms with Crippen LogP contribution in [0.2, 0.25) is 5.15 Å². The lowest BCUT2D eigenvalue weighted by Crippen LogP contribution is -2.57.